The highest BCUT2D eigenvalue weighted by Gasteiger charge is 2.37. The second kappa shape index (κ2) is 19.2. The van der Waals surface area contributed by atoms with Crippen LogP contribution in [-0.2, 0) is 30.4 Å². The van der Waals surface area contributed by atoms with Gasteiger partial charge in [0.15, 0.2) is 11.6 Å². The number of carboxylic acids is 2. The number of H-pyrrole nitrogens is 1. The van der Waals surface area contributed by atoms with Gasteiger partial charge in [-0.15, -0.1) is 0 Å². The number of hydrogen-bond donors (Lipinski definition) is 10. The molecular formula is C44H33N7O19S3. The molecule has 0 aliphatic heterocycles. The first-order valence-corrected chi connectivity index (χ1v) is 24.9. The first-order valence-electron chi connectivity index (χ1n) is 20.6. The molecule has 73 heavy (non-hydrogen) atoms. The van der Waals surface area contributed by atoms with Gasteiger partial charge in [0.1, 0.15) is 20.4 Å². The summed E-state index contributed by atoms with van der Waals surface area (Å²) < 4.78 is 116. The van der Waals surface area contributed by atoms with Crippen molar-refractivity contribution in [3.05, 3.63) is 135 Å². The van der Waals surface area contributed by atoms with Crippen LogP contribution in [0.5, 0.6) is 11.8 Å². The average Bonchev–Trinajstić information content (AvgIpc) is 3.31. The molecule has 2 aromatic heterocycles. The van der Waals surface area contributed by atoms with Crippen LogP contribution in [0.25, 0.3) is 22.0 Å². The van der Waals surface area contributed by atoms with Crippen molar-refractivity contribution in [2.45, 2.75) is 14.7 Å². The fraction of sp³-hybridized carbons (Fsp3) is 0.0909. The maximum Gasteiger partial charge on any atom is 0.335 e. The molecule has 0 atom stereocenters. The Morgan fingerprint density at radius 2 is 1.18 bits per heavy atom. The van der Waals surface area contributed by atoms with E-state index in [9.17, 15) is 83.3 Å². The van der Waals surface area contributed by atoms with Crippen LogP contribution in [0.1, 0.15) is 52.6 Å². The molecule has 0 radical (unpaired) electrons. The summed E-state index contributed by atoms with van der Waals surface area (Å²) in [6.45, 7) is -1.76. The van der Waals surface area contributed by atoms with E-state index in [0.717, 1.165) is 23.1 Å². The predicted octanol–water partition coefficient (Wildman–Crippen LogP) is 3.36. The van der Waals surface area contributed by atoms with E-state index in [4.69, 9.17) is 4.74 Å². The highest BCUT2D eigenvalue weighted by Crippen LogP contribution is 2.46. The number of aromatic amines is 1. The Morgan fingerprint density at radius 1 is 0.616 bits per heavy atom. The van der Waals surface area contributed by atoms with Crippen molar-refractivity contribution in [1.82, 2.24) is 19.9 Å². The summed E-state index contributed by atoms with van der Waals surface area (Å²) >= 11 is 0. The highest BCUT2D eigenvalue weighted by molar-refractivity contribution is 7.87. The number of anilines is 5. The monoisotopic (exact) mass is 1060 g/mol. The second-order valence-electron chi connectivity index (χ2n) is 15.5. The number of ketones is 2. The minimum Gasteiger partial charge on any atom is -0.478 e. The maximum atomic E-state index is 14.7. The highest BCUT2D eigenvalue weighted by atomic mass is 32.2. The number of carboxylic acid groups (broad SMARTS) is 2. The van der Waals surface area contributed by atoms with E-state index in [1.165, 1.54) is 48.5 Å². The summed E-state index contributed by atoms with van der Waals surface area (Å²) in [5.74, 6) is -6.69. The van der Waals surface area contributed by atoms with Gasteiger partial charge in [-0.25, -0.2) is 9.59 Å². The Bertz CT molecular complexity index is 3890. The topological polar surface area (TPSA) is 420 Å². The van der Waals surface area contributed by atoms with Crippen molar-refractivity contribution in [3.63, 3.8) is 0 Å². The molecule has 0 saturated heterocycles. The number of aromatic nitrogens is 4. The third-order valence-electron chi connectivity index (χ3n) is 10.9. The minimum absolute atomic E-state index is 0.0150. The number of fused-ring (bicyclic) bond motifs is 2. The molecular weight excluding hydrogens is 1030 g/mol. The first-order chi connectivity index (χ1) is 34.4. The molecule has 0 saturated carbocycles. The molecule has 1 aliphatic rings. The van der Waals surface area contributed by atoms with Crippen LogP contribution in [0.2, 0.25) is 0 Å². The van der Waals surface area contributed by atoms with Gasteiger partial charge in [0.2, 0.25) is 11.9 Å². The second-order valence-corrected chi connectivity index (χ2v) is 19.6. The van der Waals surface area contributed by atoms with Gasteiger partial charge in [0.05, 0.1) is 58.0 Å². The van der Waals surface area contributed by atoms with Crippen LogP contribution >= 0.6 is 0 Å². The van der Waals surface area contributed by atoms with E-state index < -0.39 is 161 Å². The Morgan fingerprint density at radius 3 is 1.74 bits per heavy atom. The molecule has 26 nitrogen and oxygen atoms in total. The zero-order valence-corrected chi connectivity index (χ0v) is 39.0. The molecule has 0 fully saturated rings. The van der Waals surface area contributed by atoms with Gasteiger partial charge in [-0.05, 0) is 42.0 Å². The third-order valence-corrected chi connectivity index (χ3v) is 13.5. The minimum atomic E-state index is -5.64. The lowest BCUT2D eigenvalue weighted by atomic mass is 9.80. The van der Waals surface area contributed by atoms with Crippen molar-refractivity contribution in [2.75, 3.05) is 41.8 Å². The van der Waals surface area contributed by atoms with Crippen molar-refractivity contribution in [1.29, 1.82) is 0 Å². The number of aliphatic hydroxyl groups excluding tert-OH is 2. The number of carbonyl (C=O) groups excluding carboxylic acids is 2. The number of rotatable bonds is 18. The van der Waals surface area contributed by atoms with E-state index in [0.29, 0.717) is 12.1 Å². The lowest BCUT2D eigenvalue weighted by molar-refractivity contribution is 0.0695. The third kappa shape index (κ3) is 10.0. The number of hydrogen-bond acceptors (Lipinski definition) is 20. The number of nitrogens with zero attached hydrogens (tertiary/aromatic N) is 4. The molecule has 1 aliphatic carbocycles. The first kappa shape index (κ1) is 50.8. The molecule has 2 heterocycles. The standard InChI is InChI=1S/C44H33N7O19S3/c52-12-10-51(11-13-53)43-48-42(49-44(50-43)70-23-15-21(40(57)58)14-22(16-23)41(59)60)46-27-17-26(29(71(61,62)63)19-30(27)72(64,65)66)45-28-18-31(73(67,68)69)36-34-32(24-8-4-5-9-25(24)38(55)33(28)34)35(39(56)47-36)37(54)20-6-2-1-3-7-20/h1-9,14-19,45,52-53H,10-13H2,(H,47,56)(H,57,58)(H,59,60)(H,61,62,63)(H,64,65,66)(H,67,68,69)(H,46,48,49,50). The summed E-state index contributed by atoms with van der Waals surface area (Å²) in [7, 11) is -16.7. The van der Waals surface area contributed by atoms with Crippen molar-refractivity contribution in [3.8, 4) is 22.9 Å². The number of benzene rings is 5. The Kier molecular flexibility index (Phi) is 13.4. The maximum absolute atomic E-state index is 14.7. The Labute approximate surface area is 409 Å². The number of pyridine rings is 1. The van der Waals surface area contributed by atoms with Gasteiger partial charge in [-0.1, -0.05) is 54.6 Å². The van der Waals surface area contributed by atoms with Crippen LogP contribution < -0.4 is 25.8 Å². The van der Waals surface area contributed by atoms with Crippen LogP contribution in [0, 0.1) is 0 Å². The lowest BCUT2D eigenvalue weighted by Crippen LogP contribution is -2.31. The zero-order valence-electron chi connectivity index (χ0n) is 36.5. The smallest absolute Gasteiger partial charge is 0.335 e. The summed E-state index contributed by atoms with van der Waals surface area (Å²) in [6.07, 6.45) is 0. The van der Waals surface area contributed by atoms with Crippen LogP contribution in [-0.4, -0.2) is 129 Å². The molecule has 376 valence electrons. The fourth-order valence-electron chi connectivity index (χ4n) is 7.84. The number of aliphatic hydroxyl groups is 2. The van der Waals surface area contributed by atoms with E-state index in [-0.39, 0.29) is 41.4 Å². The van der Waals surface area contributed by atoms with Gasteiger partial charge in [0, 0.05) is 35.2 Å². The van der Waals surface area contributed by atoms with Gasteiger partial charge >= 0.3 is 17.9 Å². The van der Waals surface area contributed by atoms with E-state index in [1.807, 2.05) is 0 Å². The normalized spacial score (nSPS) is 12.3. The van der Waals surface area contributed by atoms with Crippen LogP contribution in [0.4, 0.5) is 29.0 Å². The van der Waals surface area contributed by atoms with Gasteiger partial charge in [-0.2, -0.15) is 40.2 Å². The van der Waals surface area contributed by atoms with Gasteiger partial charge in [0.25, 0.3) is 35.9 Å². The SMILES string of the molecule is O=C(O)c1cc(Oc2nc(Nc3cc(Nc4cc(S(=O)(=O)O)c5[nH]c(=O)c(C(=O)c6ccccc6)c6c5c4C(=O)c4ccccc4-6)c(S(=O)(=O)O)cc3S(=O)(=O)O)nc(N(CCO)CCO)n2)cc(C(=O)O)c1. The molecule has 0 spiro atoms. The Hall–Kier alpha value is -8.55. The zero-order chi connectivity index (χ0) is 52.9. The van der Waals surface area contributed by atoms with Gasteiger partial charge < -0.3 is 45.7 Å². The number of carbonyl (C=O) groups is 4. The summed E-state index contributed by atoms with van der Waals surface area (Å²) in [6, 6.07) is 16.0. The largest absolute Gasteiger partial charge is 0.478 e. The predicted molar refractivity (Wildman–Crippen MR) is 252 cm³/mol. The number of ether oxygens (including phenoxy) is 1. The molecule has 10 N–H and O–H groups in total. The summed E-state index contributed by atoms with van der Waals surface area (Å²) in [5, 5.41) is 43.2. The van der Waals surface area contributed by atoms with Gasteiger partial charge in [-0.3, -0.25) is 28.0 Å². The molecule has 7 aromatic rings. The van der Waals surface area contributed by atoms with Crippen molar-refractivity contribution < 1.29 is 83.3 Å². The van der Waals surface area contributed by atoms with Crippen LogP contribution in [0.15, 0.2) is 110 Å². The molecule has 8 rings (SSSR count). The summed E-state index contributed by atoms with van der Waals surface area (Å²) in [4.78, 5) is 78.4. The van der Waals surface area contributed by atoms with E-state index in [2.05, 4.69) is 30.6 Å². The Balaban J connectivity index is 1.38. The molecule has 0 amide bonds. The van der Waals surface area contributed by atoms with E-state index >= 15 is 0 Å². The number of aromatic carboxylic acids is 2. The number of nitrogens with one attached hydrogen (secondary N) is 3. The summed E-state index contributed by atoms with van der Waals surface area (Å²) in [5.41, 5.74) is -7.10. The molecule has 0 unspecified atom stereocenters. The molecule has 5 aromatic carbocycles. The average molecular weight is 1060 g/mol. The van der Waals surface area contributed by atoms with E-state index in [1.54, 1.807) is 6.07 Å². The van der Waals surface area contributed by atoms with Crippen LogP contribution in [0.3, 0.4) is 0 Å². The van der Waals surface area contributed by atoms with Crippen molar-refractivity contribution in [2.24, 2.45) is 0 Å². The quantitative estimate of drug-likeness (QED) is 0.0435. The fourth-order valence-corrected chi connectivity index (χ4v) is 9.90. The lowest BCUT2D eigenvalue weighted by Gasteiger charge is -2.25. The molecule has 29 heteroatoms. The van der Waals surface area contributed by atoms with Crippen molar-refractivity contribution >= 4 is 93.7 Å². The molecule has 0 bridgehead atoms.